The van der Waals surface area contributed by atoms with Gasteiger partial charge < -0.3 is 10.4 Å². The summed E-state index contributed by atoms with van der Waals surface area (Å²) in [6.45, 7) is 5.27. The third-order valence-electron chi connectivity index (χ3n) is 3.56. The van der Waals surface area contributed by atoms with Crippen molar-refractivity contribution in [2.45, 2.75) is 32.4 Å². The maximum atomic E-state index is 11.0. The van der Waals surface area contributed by atoms with E-state index in [1.54, 1.807) is 6.21 Å². The number of amides is 1. The lowest BCUT2D eigenvalue weighted by Crippen LogP contribution is -2.27. The molecule has 2 rings (SSSR count). The number of aliphatic hydroxyl groups excluding tert-OH is 1. The second-order valence-electron chi connectivity index (χ2n) is 6.03. The monoisotopic (exact) mass is 310 g/mol. The Balaban J connectivity index is 2.10. The molecule has 4 heteroatoms. The van der Waals surface area contributed by atoms with Crippen LogP contribution in [-0.4, -0.2) is 22.8 Å². The van der Waals surface area contributed by atoms with Crippen LogP contribution in [0, 0.1) is 0 Å². The lowest BCUT2D eigenvalue weighted by Gasteiger charge is -2.26. The maximum absolute atomic E-state index is 11.0. The summed E-state index contributed by atoms with van der Waals surface area (Å²) in [5.41, 5.74) is 1.86. The minimum Gasteiger partial charge on any atom is -0.386 e. The molecule has 0 aromatic heterocycles. The van der Waals surface area contributed by atoms with Crippen molar-refractivity contribution < 1.29 is 9.90 Å². The van der Waals surface area contributed by atoms with Crippen LogP contribution < -0.4 is 5.32 Å². The molecular formula is C19H22N2O2. The molecule has 0 spiro atoms. The first-order valence-corrected chi connectivity index (χ1v) is 7.54. The fourth-order valence-corrected chi connectivity index (χ4v) is 2.21. The van der Waals surface area contributed by atoms with Crippen LogP contribution in [0.15, 0.2) is 59.6 Å². The highest BCUT2D eigenvalue weighted by Gasteiger charge is 2.27. The highest BCUT2D eigenvalue weighted by molar-refractivity contribution is 5.89. The molecule has 0 aliphatic carbocycles. The van der Waals surface area contributed by atoms with Crippen molar-refractivity contribution in [3.05, 3.63) is 65.7 Å². The molecule has 23 heavy (non-hydrogen) atoms. The van der Waals surface area contributed by atoms with Crippen LogP contribution in [0.5, 0.6) is 0 Å². The molecule has 0 bridgehead atoms. The van der Waals surface area contributed by atoms with Gasteiger partial charge in [-0.1, -0.05) is 42.5 Å². The first-order chi connectivity index (χ1) is 10.9. The Kier molecular flexibility index (Phi) is 5.29. The Morgan fingerprint density at radius 1 is 1.13 bits per heavy atom. The van der Waals surface area contributed by atoms with E-state index in [0.29, 0.717) is 0 Å². The first kappa shape index (κ1) is 16.9. The van der Waals surface area contributed by atoms with Gasteiger partial charge in [-0.05, 0) is 37.1 Å². The number of aliphatic imine (C=N–C) groups is 1. The summed E-state index contributed by atoms with van der Waals surface area (Å²) in [5.74, 6) is -0.0986. The normalized spacial score (nSPS) is 13.0. The highest BCUT2D eigenvalue weighted by Crippen LogP contribution is 2.28. The van der Waals surface area contributed by atoms with Gasteiger partial charge in [-0.3, -0.25) is 9.79 Å². The lowest BCUT2D eigenvalue weighted by atomic mass is 9.92. The quantitative estimate of drug-likeness (QED) is 0.829. The zero-order valence-corrected chi connectivity index (χ0v) is 13.7. The summed E-state index contributed by atoms with van der Waals surface area (Å²) >= 11 is 0. The molecule has 0 aliphatic heterocycles. The van der Waals surface area contributed by atoms with E-state index in [0.717, 1.165) is 16.8 Å². The Morgan fingerprint density at radius 2 is 1.74 bits per heavy atom. The molecule has 1 amide bonds. The number of hydrogen-bond acceptors (Lipinski definition) is 3. The summed E-state index contributed by atoms with van der Waals surface area (Å²) in [6.07, 6.45) is 1.06. The molecule has 1 unspecified atom stereocenters. The second kappa shape index (κ2) is 7.20. The average Bonchev–Trinajstić information content (AvgIpc) is 2.54. The van der Waals surface area contributed by atoms with Crippen LogP contribution in [0.4, 0.5) is 5.69 Å². The fraction of sp³-hybridized carbons (Fsp3) is 0.263. The van der Waals surface area contributed by atoms with Gasteiger partial charge in [-0.2, -0.15) is 0 Å². The second-order valence-corrected chi connectivity index (χ2v) is 6.03. The number of anilines is 1. The van der Waals surface area contributed by atoms with Crippen molar-refractivity contribution in [1.29, 1.82) is 0 Å². The molecule has 2 aromatic carbocycles. The molecule has 2 N–H and O–H groups in total. The van der Waals surface area contributed by atoms with Crippen LogP contribution in [0.1, 0.15) is 38.0 Å². The predicted octanol–water partition coefficient (Wildman–Crippen LogP) is 3.58. The van der Waals surface area contributed by atoms with Crippen molar-refractivity contribution in [3.63, 3.8) is 0 Å². The molecule has 0 aliphatic rings. The number of hydrogen-bond donors (Lipinski definition) is 2. The summed E-state index contributed by atoms with van der Waals surface area (Å²) in [5, 5.41) is 13.2. The van der Waals surface area contributed by atoms with E-state index in [-0.39, 0.29) is 5.91 Å². The number of nitrogens with one attached hydrogen (secondary N) is 1. The van der Waals surface area contributed by atoms with Crippen LogP contribution in [0.3, 0.4) is 0 Å². The third kappa shape index (κ3) is 4.76. The zero-order valence-electron chi connectivity index (χ0n) is 13.7. The molecule has 0 saturated carbocycles. The van der Waals surface area contributed by atoms with Gasteiger partial charge >= 0.3 is 0 Å². The summed E-state index contributed by atoms with van der Waals surface area (Å²) in [7, 11) is 0. The standard InChI is InChI=1S/C19H22N2O2/c1-14(22)21-17-11-9-15(10-12-17)13-20-19(2,3)18(23)16-7-5-4-6-8-16/h4-13,18,23H,1-3H3,(H,21,22). The SMILES string of the molecule is CC(=O)Nc1ccc(C=NC(C)(C)C(O)c2ccccc2)cc1. The smallest absolute Gasteiger partial charge is 0.221 e. The van der Waals surface area contributed by atoms with Gasteiger partial charge in [0.2, 0.25) is 5.91 Å². The Labute approximate surface area is 136 Å². The maximum Gasteiger partial charge on any atom is 0.221 e. The zero-order chi connectivity index (χ0) is 16.9. The number of benzene rings is 2. The lowest BCUT2D eigenvalue weighted by molar-refractivity contribution is -0.114. The Morgan fingerprint density at radius 3 is 2.30 bits per heavy atom. The molecule has 1 atom stereocenters. The van der Waals surface area contributed by atoms with Gasteiger partial charge in [-0.25, -0.2) is 0 Å². The van der Waals surface area contributed by atoms with Crippen LogP contribution in [0.2, 0.25) is 0 Å². The number of carbonyl (C=O) groups excluding carboxylic acids is 1. The fourth-order valence-electron chi connectivity index (χ4n) is 2.21. The van der Waals surface area contributed by atoms with E-state index in [9.17, 15) is 9.90 Å². The van der Waals surface area contributed by atoms with E-state index in [4.69, 9.17) is 0 Å². The van der Waals surface area contributed by atoms with Gasteiger partial charge in [-0.15, -0.1) is 0 Å². The molecule has 4 nitrogen and oxygen atoms in total. The van der Waals surface area contributed by atoms with E-state index < -0.39 is 11.6 Å². The number of carbonyl (C=O) groups is 1. The van der Waals surface area contributed by atoms with Crippen LogP contribution in [0.25, 0.3) is 0 Å². The van der Waals surface area contributed by atoms with Gasteiger partial charge in [0.1, 0.15) is 6.10 Å². The van der Waals surface area contributed by atoms with Gasteiger partial charge in [0.15, 0.2) is 0 Å². The van der Waals surface area contributed by atoms with Gasteiger partial charge in [0.25, 0.3) is 0 Å². The third-order valence-corrected chi connectivity index (χ3v) is 3.56. The molecule has 0 radical (unpaired) electrons. The highest BCUT2D eigenvalue weighted by atomic mass is 16.3. The average molecular weight is 310 g/mol. The van der Waals surface area contributed by atoms with Crippen LogP contribution >= 0.6 is 0 Å². The first-order valence-electron chi connectivity index (χ1n) is 7.54. The minimum absolute atomic E-state index is 0.0986. The van der Waals surface area contributed by atoms with Crippen molar-refractivity contribution in [2.75, 3.05) is 5.32 Å². The Bertz CT molecular complexity index is 676. The number of rotatable bonds is 5. The van der Waals surface area contributed by atoms with Crippen molar-refractivity contribution in [1.82, 2.24) is 0 Å². The molecule has 0 fully saturated rings. The number of nitrogens with zero attached hydrogens (tertiary/aromatic N) is 1. The Hall–Kier alpha value is -2.46. The predicted molar refractivity (Wildman–Crippen MR) is 93.8 cm³/mol. The minimum atomic E-state index is -0.682. The van der Waals surface area contributed by atoms with Crippen LogP contribution in [-0.2, 0) is 4.79 Å². The molecule has 120 valence electrons. The van der Waals surface area contributed by atoms with Gasteiger partial charge in [0, 0.05) is 18.8 Å². The van der Waals surface area contributed by atoms with Gasteiger partial charge in [0.05, 0.1) is 5.54 Å². The van der Waals surface area contributed by atoms with E-state index in [1.807, 2.05) is 68.4 Å². The topological polar surface area (TPSA) is 61.7 Å². The number of aliphatic hydroxyl groups is 1. The van der Waals surface area contributed by atoms with E-state index in [2.05, 4.69) is 10.3 Å². The summed E-state index contributed by atoms with van der Waals surface area (Å²) in [6, 6.07) is 16.9. The summed E-state index contributed by atoms with van der Waals surface area (Å²) < 4.78 is 0. The van der Waals surface area contributed by atoms with Crippen molar-refractivity contribution in [3.8, 4) is 0 Å². The van der Waals surface area contributed by atoms with E-state index in [1.165, 1.54) is 6.92 Å². The molecule has 0 heterocycles. The largest absolute Gasteiger partial charge is 0.386 e. The molecular weight excluding hydrogens is 288 g/mol. The van der Waals surface area contributed by atoms with Crippen molar-refractivity contribution >= 4 is 17.8 Å². The van der Waals surface area contributed by atoms with E-state index >= 15 is 0 Å². The molecule has 0 saturated heterocycles. The molecule has 2 aromatic rings. The summed E-state index contributed by atoms with van der Waals surface area (Å²) in [4.78, 5) is 15.5. The van der Waals surface area contributed by atoms with Crippen molar-refractivity contribution in [2.24, 2.45) is 4.99 Å².